The summed E-state index contributed by atoms with van der Waals surface area (Å²) in [5.41, 5.74) is 1.67. The molecule has 1 aromatic carbocycles. The van der Waals surface area contributed by atoms with Gasteiger partial charge in [-0.15, -0.1) is 0 Å². The number of nitrogens with one attached hydrogen (secondary N) is 2. The number of amides is 2. The van der Waals surface area contributed by atoms with Crippen molar-refractivity contribution in [3.8, 4) is 0 Å². The zero-order valence-corrected chi connectivity index (χ0v) is 15.5. The van der Waals surface area contributed by atoms with Crippen LogP contribution in [0.1, 0.15) is 45.8 Å². The van der Waals surface area contributed by atoms with Gasteiger partial charge >= 0.3 is 0 Å². The van der Waals surface area contributed by atoms with Gasteiger partial charge in [0.05, 0.1) is 6.04 Å². The first-order valence-corrected chi connectivity index (χ1v) is 8.72. The molecule has 0 fully saturated rings. The highest BCUT2D eigenvalue weighted by Gasteiger charge is 2.14. The van der Waals surface area contributed by atoms with Crippen molar-refractivity contribution in [3.63, 3.8) is 0 Å². The van der Waals surface area contributed by atoms with E-state index < -0.39 is 0 Å². The van der Waals surface area contributed by atoms with Crippen LogP contribution in [0.2, 0.25) is 0 Å². The summed E-state index contributed by atoms with van der Waals surface area (Å²) >= 11 is 0. The quantitative estimate of drug-likeness (QED) is 0.713. The van der Waals surface area contributed by atoms with Gasteiger partial charge in [0.2, 0.25) is 0 Å². The molecule has 1 unspecified atom stereocenters. The van der Waals surface area contributed by atoms with E-state index in [1.54, 1.807) is 6.07 Å². The van der Waals surface area contributed by atoms with E-state index in [1.807, 2.05) is 51.4 Å². The highest BCUT2D eigenvalue weighted by molar-refractivity contribution is 5.98. The summed E-state index contributed by atoms with van der Waals surface area (Å²) in [7, 11) is 3.98. The van der Waals surface area contributed by atoms with Crippen LogP contribution < -0.4 is 10.6 Å². The first-order valence-electron chi connectivity index (χ1n) is 8.72. The van der Waals surface area contributed by atoms with Crippen molar-refractivity contribution in [1.82, 2.24) is 20.5 Å². The van der Waals surface area contributed by atoms with Crippen molar-refractivity contribution in [2.24, 2.45) is 0 Å². The predicted molar refractivity (Wildman–Crippen MR) is 102 cm³/mol. The molecular weight excluding hydrogens is 328 g/mol. The molecule has 2 aromatic rings. The van der Waals surface area contributed by atoms with E-state index in [-0.39, 0.29) is 23.6 Å². The second-order valence-corrected chi connectivity index (χ2v) is 6.45. The van der Waals surface area contributed by atoms with Crippen molar-refractivity contribution in [2.45, 2.75) is 19.4 Å². The number of rotatable bonds is 8. The average Bonchev–Trinajstić information content (AvgIpc) is 2.65. The fourth-order valence-electron chi connectivity index (χ4n) is 2.49. The molecule has 0 aliphatic carbocycles. The Morgan fingerprint density at radius 2 is 1.85 bits per heavy atom. The van der Waals surface area contributed by atoms with Crippen LogP contribution in [0, 0.1) is 0 Å². The van der Waals surface area contributed by atoms with Gasteiger partial charge < -0.3 is 15.5 Å². The van der Waals surface area contributed by atoms with Gasteiger partial charge in [-0.3, -0.25) is 14.6 Å². The number of carbonyl (C=O) groups is 2. The van der Waals surface area contributed by atoms with Crippen LogP contribution in [0.15, 0.2) is 48.7 Å². The lowest BCUT2D eigenvalue weighted by Gasteiger charge is -2.14. The molecule has 26 heavy (non-hydrogen) atoms. The molecule has 1 atom stereocenters. The SMILES string of the molecule is CC(NC(=O)c1cc(C(=O)NCCCN(C)C)ccn1)c1ccccc1. The molecule has 1 heterocycles. The molecule has 6 heteroatoms. The smallest absolute Gasteiger partial charge is 0.270 e. The Hall–Kier alpha value is -2.73. The Kier molecular flexibility index (Phi) is 7.29. The Labute approximate surface area is 154 Å². The van der Waals surface area contributed by atoms with E-state index in [2.05, 4.69) is 20.5 Å². The Bertz CT molecular complexity index is 732. The molecule has 1 aromatic heterocycles. The third kappa shape index (κ3) is 5.97. The van der Waals surface area contributed by atoms with Gasteiger partial charge in [-0.2, -0.15) is 0 Å². The predicted octanol–water partition coefficient (Wildman–Crippen LogP) is 2.25. The molecule has 0 spiro atoms. The molecule has 0 saturated carbocycles. The molecular formula is C20H26N4O2. The topological polar surface area (TPSA) is 74.3 Å². The summed E-state index contributed by atoms with van der Waals surface area (Å²) in [5.74, 6) is -0.500. The number of benzene rings is 1. The molecule has 2 rings (SSSR count). The van der Waals surface area contributed by atoms with Gasteiger partial charge in [0.25, 0.3) is 11.8 Å². The van der Waals surface area contributed by atoms with E-state index in [4.69, 9.17) is 0 Å². The summed E-state index contributed by atoms with van der Waals surface area (Å²) in [6, 6.07) is 12.7. The maximum atomic E-state index is 12.4. The summed E-state index contributed by atoms with van der Waals surface area (Å²) in [6.45, 7) is 3.40. The largest absolute Gasteiger partial charge is 0.352 e. The van der Waals surface area contributed by atoms with Crippen LogP contribution in [-0.4, -0.2) is 48.9 Å². The van der Waals surface area contributed by atoms with Crippen molar-refractivity contribution in [1.29, 1.82) is 0 Å². The van der Waals surface area contributed by atoms with Crippen molar-refractivity contribution < 1.29 is 9.59 Å². The Morgan fingerprint density at radius 1 is 1.12 bits per heavy atom. The van der Waals surface area contributed by atoms with E-state index in [1.165, 1.54) is 12.3 Å². The second kappa shape index (κ2) is 9.68. The normalized spacial score (nSPS) is 11.8. The maximum absolute atomic E-state index is 12.4. The van der Waals surface area contributed by atoms with Crippen LogP contribution in [-0.2, 0) is 0 Å². The van der Waals surface area contributed by atoms with Crippen LogP contribution in [0.5, 0.6) is 0 Å². The van der Waals surface area contributed by atoms with Crippen LogP contribution in [0.3, 0.4) is 0 Å². The highest BCUT2D eigenvalue weighted by Crippen LogP contribution is 2.12. The van der Waals surface area contributed by atoms with Gasteiger partial charge in [-0.1, -0.05) is 30.3 Å². The fourth-order valence-corrected chi connectivity index (χ4v) is 2.49. The second-order valence-electron chi connectivity index (χ2n) is 6.45. The first-order chi connectivity index (χ1) is 12.5. The van der Waals surface area contributed by atoms with E-state index in [0.717, 1.165) is 18.5 Å². The monoisotopic (exact) mass is 354 g/mol. The lowest BCUT2D eigenvalue weighted by atomic mass is 10.1. The van der Waals surface area contributed by atoms with Crippen LogP contribution >= 0.6 is 0 Å². The van der Waals surface area contributed by atoms with E-state index in [9.17, 15) is 9.59 Å². The first kappa shape index (κ1) is 19.6. The molecule has 2 amide bonds. The van der Waals surface area contributed by atoms with Gasteiger partial charge in [-0.05, 0) is 51.7 Å². The number of aromatic nitrogens is 1. The molecule has 0 aliphatic heterocycles. The molecule has 0 saturated heterocycles. The average molecular weight is 354 g/mol. The Morgan fingerprint density at radius 3 is 2.54 bits per heavy atom. The molecule has 0 aliphatic rings. The van der Waals surface area contributed by atoms with E-state index >= 15 is 0 Å². The van der Waals surface area contributed by atoms with Crippen LogP contribution in [0.25, 0.3) is 0 Å². The third-order valence-electron chi connectivity index (χ3n) is 3.97. The fraction of sp³-hybridized carbons (Fsp3) is 0.350. The maximum Gasteiger partial charge on any atom is 0.270 e. The minimum absolute atomic E-state index is 0.144. The zero-order valence-electron chi connectivity index (χ0n) is 15.5. The van der Waals surface area contributed by atoms with Crippen molar-refractivity contribution in [2.75, 3.05) is 27.2 Å². The number of nitrogens with zero attached hydrogens (tertiary/aromatic N) is 2. The lowest BCUT2D eigenvalue weighted by Crippen LogP contribution is -2.29. The van der Waals surface area contributed by atoms with Crippen molar-refractivity contribution >= 4 is 11.8 Å². The summed E-state index contributed by atoms with van der Waals surface area (Å²) < 4.78 is 0. The molecule has 2 N–H and O–H groups in total. The van der Waals surface area contributed by atoms with Crippen LogP contribution in [0.4, 0.5) is 0 Å². The number of hydrogen-bond acceptors (Lipinski definition) is 4. The van der Waals surface area contributed by atoms with Gasteiger partial charge in [0, 0.05) is 18.3 Å². The number of carbonyl (C=O) groups excluding carboxylic acids is 2. The van der Waals surface area contributed by atoms with Gasteiger partial charge in [0.15, 0.2) is 0 Å². The molecule has 0 bridgehead atoms. The number of hydrogen-bond donors (Lipinski definition) is 2. The summed E-state index contributed by atoms with van der Waals surface area (Å²) in [5, 5.41) is 5.77. The summed E-state index contributed by atoms with van der Waals surface area (Å²) in [4.78, 5) is 30.8. The van der Waals surface area contributed by atoms with Crippen molar-refractivity contribution in [3.05, 3.63) is 65.5 Å². The lowest BCUT2D eigenvalue weighted by molar-refractivity contribution is 0.0935. The minimum atomic E-state index is -0.302. The van der Waals surface area contributed by atoms with E-state index in [0.29, 0.717) is 12.1 Å². The molecule has 0 radical (unpaired) electrons. The molecule has 6 nitrogen and oxygen atoms in total. The van der Waals surface area contributed by atoms with Gasteiger partial charge in [0.1, 0.15) is 5.69 Å². The zero-order chi connectivity index (χ0) is 18.9. The number of pyridine rings is 1. The highest BCUT2D eigenvalue weighted by atomic mass is 16.2. The third-order valence-corrected chi connectivity index (χ3v) is 3.97. The minimum Gasteiger partial charge on any atom is -0.352 e. The molecule has 138 valence electrons. The standard InChI is InChI=1S/C20H26N4O2/c1-15(16-8-5-4-6-9-16)23-20(26)18-14-17(10-12-21-18)19(25)22-11-7-13-24(2)3/h4-6,8-10,12,14-15H,7,11,13H2,1-3H3,(H,22,25)(H,23,26). The van der Waals surface area contributed by atoms with Gasteiger partial charge in [-0.25, -0.2) is 0 Å². The summed E-state index contributed by atoms with van der Waals surface area (Å²) in [6.07, 6.45) is 2.35. The Balaban J connectivity index is 1.95.